The van der Waals surface area contributed by atoms with E-state index in [1.807, 2.05) is 32.1 Å². The van der Waals surface area contributed by atoms with Crippen molar-refractivity contribution in [1.82, 2.24) is 10.6 Å². The summed E-state index contributed by atoms with van der Waals surface area (Å²) >= 11 is 0. The van der Waals surface area contributed by atoms with Crippen LogP contribution in [0, 0.1) is 0 Å². The quantitative estimate of drug-likeness (QED) is 0.510. The second-order valence-corrected chi connectivity index (χ2v) is 3.95. The van der Waals surface area contributed by atoms with Gasteiger partial charge in [0.1, 0.15) is 12.3 Å². The van der Waals surface area contributed by atoms with Crippen molar-refractivity contribution in [2.75, 3.05) is 6.54 Å². The van der Waals surface area contributed by atoms with E-state index in [1.165, 1.54) is 0 Å². The van der Waals surface area contributed by atoms with Crippen molar-refractivity contribution < 1.29 is 14.4 Å². The minimum atomic E-state index is -0.658. The van der Waals surface area contributed by atoms with E-state index in [9.17, 15) is 14.4 Å². The molecular weight excluding hydrogens is 244 g/mol. The van der Waals surface area contributed by atoms with Crippen LogP contribution in [0.4, 0.5) is 0 Å². The second kappa shape index (κ2) is 10.1. The van der Waals surface area contributed by atoms with Crippen LogP contribution in [0.1, 0.15) is 33.6 Å². The van der Waals surface area contributed by atoms with E-state index in [2.05, 4.69) is 10.6 Å². The first-order chi connectivity index (χ1) is 9.08. The lowest BCUT2D eigenvalue weighted by atomic mass is 10.0. The molecule has 2 N–H and O–H groups in total. The highest BCUT2D eigenvalue weighted by Crippen LogP contribution is 2.08. The van der Waals surface area contributed by atoms with Gasteiger partial charge < -0.3 is 15.4 Å². The first kappa shape index (κ1) is 17.1. The Hall–Kier alpha value is -1.91. The molecule has 0 rings (SSSR count). The molecule has 0 aliphatic carbocycles. The van der Waals surface area contributed by atoms with Gasteiger partial charge >= 0.3 is 0 Å². The molecule has 106 valence electrons. The average molecular weight is 266 g/mol. The summed E-state index contributed by atoms with van der Waals surface area (Å²) in [6, 6.07) is -0.658. The Bertz CT molecular complexity index is 373. The Balaban J connectivity index is 4.79. The van der Waals surface area contributed by atoms with Crippen molar-refractivity contribution in [3.63, 3.8) is 0 Å². The molecule has 0 radical (unpaired) electrons. The molecule has 0 bridgehead atoms. The molecular formula is C14H22N2O3. The lowest BCUT2D eigenvalue weighted by molar-refractivity contribution is -0.129. The van der Waals surface area contributed by atoms with E-state index < -0.39 is 6.04 Å². The maximum Gasteiger partial charge on any atom is 0.243 e. The van der Waals surface area contributed by atoms with Crippen LogP contribution in [-0.4, -0.2) is 30.7 Å². The van der Waals surface area contributed by atoms with Gasteiger partial charge in [-0.2, -0.15) is 0 Å². The van der Waals surface area contributed by atoms with E-state index in [-0.39, 0.29) is 18.4 Å². The fourth-order valence-electron chi connectivity index (χ4n) is 1.50. The van der Waals surface area contributed by atoms with Crippen LogP contribution in [0.2, 0.25) is 0 Å². The zero-order chi connectivity index (χ0) is 14.7. The molecule has 0 spiro atoms. The highest BCUT2D eigenvalue weighted by molar-refractivity contribution is 5.88. The number of aldehydes is 1. The monoisotopic (exact) mass is 266 g/mol. The van der Waals surface area contributed by atoms with Crippen LogP contribution >= 0.6 is 0 Å². The Kier molecular flexibility index (Phi) is 9.04. The molecule has 0 aliphatic rings. The molecule has 0 saturated carbocycles. The van der Waals surface area contributed by atoms with Crippen LogP contribution < -0.4 is 10.6 Å². The molecule has 1 unspecified atom stereocenters. The molecule has 0 heterocycles. The number of nitrogens with one attached hydrogen (secondary N) is 2. The molecule has 0 aromatic heterocycles. The number of carbonyl (C=O) groups is 3. The van der Waals surface area contributed by atoms with E-state index in [0.29, 0.717) is 19.1 Å². The Morgan fingerprint density at radius 3 is 2.42 bits per heavy atom. The number of hydrogen-bond acceptors (Lipinski definition) is 3. The maximum absolute atomic E-state index is 11.9. The molecule has 0 fully saturated rings. The number of allylic oxidation sites excluding steroid dienone is 3. The molecule has 5 nitrogen and oxygen atoms in total. The summed E-state index contributed by atoms with van der Waals surface area (Å²) in [6.07, 6.45) is 6.97. The topological polar surface area (TPSA) is 75.3 Å². The molecule has 0 saturated heterocycles. The zero-order valence-corrected chi connectivity index (χ0v) is 11.7. The Morgan fingerprint density at radius 1 is 1.26 bits per heavy atom. The van der Waals surface area contributed by atoms with Gasteiger partial charge in [-0.3, -0.25) is 9.59 Å². The van der Waals surface area contributed by atoms with Crippen LogP contribution in [0.25, 0.3) is 0 Å². The highest BCUT2D eigenvalue weighted by atomic mass is 16.2. The summed E-state index contributed by atoms with van der Waals surface area (Å²) in [7, 11) is 0. The van der Waals surface area contributed by atoms with Crippen LogP contribution in [-0.2, 0) is 14.4 Å². The van der Waals surface area contributed by atoms with Crippen LogP contribution in [0.3, 0.4) is 0 Å². The van der Waals surface area contributed by atoms with Gasteiger partial charge in [-0.1, -0.05) is 30.7 Å². The average Bonchev–Trinajstić information content (AvgIpc) is 2.42. The molecule has 0 aliphatic heterocycles. The molecule has 0 aromatic rings. The molecule has 0 aromatic carbocycles. The third-order valence-corrected chi connectivity index (χ3v) is 2.52. The van der Waals surface area contributed by atoms with Gasteiger partial charge in [0.25, 0.3) is 0 Å². The smallest absolute Gasteiger partial charge is 0.243 e. The summed E-state index contributed by atoms with van der Waals surface area (Å²) in [5.41, 5.74) is 0.949. The van der Waals surface area contributed by atoms with Crippen molar-refractivity contribution in [2.24, 2.45) is 0 Å². The predicted molar refractivity (Wildman–Crippen MR) is 74.5 cm³/mol. The number of hydrogen-bond donors (Lipinski definition) is 2. The van der Waals surface area contributed by atoms with E-state index >= 15 is 0 Å². The SMILES string of the molecule is C/C=C\C(=C/C)CC(NC(=O)CC)C(=O)NCC=O. The summed E-state index contributed by atoms with van der Waals surface area (Å²) in [5, 5.41) is 5.12. The Labute approximate surface area is 114 Å². The maximum atomic E-state index is 11.9. The first-order valence-electron chi connectivity index (χ1n) is 6.37. The van der Waals surface area contributed by atoms with Gasteiger partial charge in [0.2, 0.25) is 11.8 Å². The molecule has 2 amide bonds. The van der Waals surface area contributed by atoms with Crippen molar-refractivity contribution in [2.45, 2.75) is 39.7 Å². The van der Waals surface area contributed by atoms with E-state index in [1.54, 1.807) is 6.92 Å². The van der Waals surface area contributed by atoms with Crippen LogP contribution in [0.5, 0.6) is 0 Å². The summed E-state index contributed by atoms with van der Waals surface area (Å²) in [6.45, 7) is 5.43. The minimum Gasteiger partial charge on any atom is -0.348 e. The van der Waals surface area contributed by atoms with E-state index in [4.69, 9.17) is 0 Å². The highest BCUT2D eigenvalue weighted by Gasteiger charge is 2.20. The second-order valence-electron chi connectivity index (χ2n) is 3.95. The standard InChI is InChI=1S/C14H22N2O3/c1-4-7-11(5-2)10-12(16-13(18)6-3)14(19)15-8-9-17/h4-5,7,9,12H,6,8,10H2,1-3H3,(H,15,19)(H,16,18)/b7-4-,11-5+. The number of amides is 2. The summed E-state index contributed by atoms with van der Waals surface area (Å²) < 4.78 is 0. The minimum absolute atomic E-state index is 0.0495. The normalized spacial score (nSPS) is 13.1. The fourth-order valence-corrected chi connectivity index (χ4v) is 1.50. The number of carbonyl (C=O) groups excluding carboxylic acids is 3. The summed E-state index contributed by atoms with van der Waals surface area (Å²) in [5.74, 6) is -0.542. The lowest BCUT2D eigenvalue weighted by Crippen LogP contribution is -2.47. The third kappa shape index (κ3) is 7.18. The van der Waals surface area contributed by atoms with Gasteiger partial charge in [-0.05, 0) is 13.8 Å². The molecule has 1 atom stereocenters. The van der Waals surface area contributed by atoms with Crippen LogP contribution in [0.15, 0.2) is 23.8 Å². The van der Waals surface area contributed by atoms with Crippen molar-refractivity contribution in [3.05, 3.63) is 23.8 Å². The predicted octanol–water partition coefficient (Wildman–Crippen LogP) is 1.11. The van der Waals surface area contributed by atoms with Gasteiger partial charge in [-0.25, -0.2) is 0 Å². The Morgan fingerprint density at radius 2 is 1.95 bits per heavy atom. The van der Waals surface area contributed by atoms with Crippen molar-refractivity contribution in [3.8, 4) is 0 Å². The van der Waals surface area contributed by atoms with Gasteiger partial charge in [0.15, 0.2) is 0 Å². The van der Waals surface area contributed by atoms with E-state index in [0.717, 1.165) is 5.57 Å². The first-order valence-corrected chi connectivity index (χ1v) is 6.37. The van der Waals surface area contributed by atoms with Gasteiger partial charge in [0, 0.05) is 12.8 Å². The largest absolute Gasteiger partial charge is 0.348 e. The van der Waals surface area contributed by atoms with Crippen molar-refractivity contribution >= 4 is 18.1 Å². The third-order valence-electron chi connectivity index (χ3n) is 2.52. The number of rotatable bonds is 8. The lowest BCUT2D eigenvalue weighted by Gasteiger charge is -2.18. The van der Waals surface area contributed by atoms with Crippen molar-refractivity contribution in [1.29, 1.82) is 0 Å². The summed E-state index contributed by atoms with van der Waals surface area (Å²) in [4.78, 5) is 33.6. The molecule has 5 heteroatoms. The fraction of sp³-hybridized carbons (Fsp3) is 0.500. The van der Waals surface area contributed by atoms with Gasteiger partial charge in [0.05, 0.1) is 6.54 Å². The molecule has 19 heavy (non-hydrogen) atoms. The zero-order valence-electron chi connectivity index (χ0n) is 11.7. The van der Waals surface area contributed by atoms with Gasteiger partial charge in [-0.15, -0.1) is 0 Å².